The molecule has 3 heterocycles. The first-order chi connectivity index (χ1) is 12.2. The number of rotatable bonds is 4. The van der Waals surface area contributed by atoms with Crippen LogP contribution in [0.25, 0.3) is 6.08 Å². The van der Waals surface area contributed by atoms with Crippen LogP contribution in [0.4, 0.5) is 0 Å². The van der Waals surface area contributed by atoms with Gasteiger partial charge in [-0.05, 0) is 29.2 Å². The fourth-order valence-corrected chi connectivity index (χ4v) is 3.92. The van der Waals surface area contributed by atoms with Gasteiger partial charge < -0.3 is 4.42 Å². The van der Waals surface area contributed by atoms with Crippen LogP contribution in [-0.4, -0.2) is 21.8 Å². The number of nitrogens with one attached hydrogen (secondary N) is 1. The number of carbonyl (C=O) groups excluding carboxylic acids is 1. The summed E-state index contributed by atoms with van der Waals surface area (Å²) in [5.41, 5.74) is 1.44. The highest BCUT2D eigenvalue weighted by molar-refractivity contribution is 8.16. The van der Waals surface area contributed by atoms with Crippen LogP contribution in [0.3, 0.4) is 0 Å². The molecule has 4 rings (SSSR count). The van der Waals surface area contributed by atoms with Crippen molar-refractivity contribution in [3.8, 4) is 0 Å². The average molecular weight is 367 g/mol. The van der Waals surface area contributed by atoms with E-state index in [4.69, 9.17) is 9.83 Å². The molecule has 2 aliphatic heterocycles. The second-order valence-electron chi connectivity index (χ2n) is 5.31. The third kappa shape index (κ3) is 3.33. The van der Waals surface area contributed by atoms with Gasteiger partial charge in [0.1, 0.15) is 11.6 Å². The Morgan fingerprint density at radius 2 is 2.08 bits per heavy atom. The maximum atomic E-state index is 12.2. The second-order valence-corrected chi connectivity index (χ2v) is 7.16. The molecule has 0 saturated heterocycles. The lowest BCUT2D eigenvalue weighted by molar-refractivity contribution is -0.114. The summed E-state index contributed by atoms with van der Waals surface area (Å²) in [6, 6.07) is 13.8. The molecular formula is C18H13N3O2S2. The Balaban J connectivity index is 1.50. The van der Waals surface area contributed by atoms with Crippen LogP contribution in [0.1, 0.15) is 11.3 Å². The van der Waals surface area contributed by atoms with E-state index in [1.807, 2.05) is 24.3 Å². The molecule has 0 aliphatic carbocycles. The highest BCUT2D eigenvalue weighted by atomic mass is 32.2. The SMILES string of the molecule is N=C1C(=Cc2ccc(SCc3ccccc3)o2)C(=O)N=C2SC=CN12. The maximum Gasteiger partial charge on any atom is 0.283 e. The number of furan rings is 1. The molecule has 0 bridgehead atoms. The summed E-state index contributed by atoms with van der Waals surface area (Å²) in [7, 11) is 0. The van der Waals surface area contributed by atoms with Crippen molar-refractivity contribution in [1.29, 1.82) is 5.41 Å². The molecular weight excluding hydrogens is 354 g/mol. The van der Waals surface area contributed by atoms with E-state index >= 15 is 0 Å². The van der Waals surface area contributed by atoms with Crippen molar-refractivity contribution < 1.29 is 9.21 Å². The number of hydrogen-bond acceptors (Lipinski definition) is 5. The van der Waals surface area contributed by atoms with Crippen molar-refractivity contribution in [2.75, 3.05) is 0 Å². The average Bonchev–Trinajstić information content (AvgIpc) is 3.27. The molecule has 5 nitrogen and oxygen atoms in total. The van der Waals surface area contributed by atoms with Gasteiger partial charge >= 0.3 is 0 Å². The Bertz CT molecular complexity index is 929. The van der Waals surface area contributed by atoms with E-state index in [1.165, 1.54) is 17.3 Å². The van der Waals surface area contributed by atoms with Crippen LogP contribution in [0, 0.1) is 5.41 Å². The second kappa shape index (κ2) is 6.78. The quantitative estimate of drug-likeness (QED) is 0.643. The summed E-state index contributed by atoms with van der Waals surface area (Å²) in [4.78, 5) is 17.8. The van der Waals surface area contributed by atoms with E-state index in [-0.39, 0.29) is 11.4 Å². The minimum absolute atomic E-state index is 0.117. The Morgan fingerprint density at radius 1 is 1.24 bits per heavy atom. The zero-order chi connectivity index (χ0) is 17.2. The normalized spacial score (nSPS) is 18.0. The van der Waals surface area contributed by atoms with Gasteiger partial charge in [-0.15, -0.1) is 0 Å². The molecule has 1 aromatic carbocycles. The van der Waals surface area contributed by atoms with Gasteiger partial charge in [0, 0.05) is 12.0 Å². The van der Waals surface area contributed by atoms with Gasteiger partial charge in [0.25, 0.3) is 5.91 Å². The van der Waals surface area contributed by atoms with E-state index in [9.17, 15) is 4.79 Å². The van der Waals surface area contributed by atoms with Gasteiger partial charge in [-0.3, -0.25) is 15.1 Å². The molecule has 0 unspecified atom stereocenters. The molecule has 0 fully saturated rings. The van der Waals surface area contributed by atoms with E-state index < -0.39 is 5.91 Å². The fourth-order valence-electron chi connectivity index (χ4n) is 2.39. The first-order valence-electron chi connectivity index (χ1n) is 7.53. The van der Waals surface area contributed by atoms with Crippen molar-refractivity contribution in [3.05, 3.63) is 71.0 Å². The Labute approximate surface area is 153 Å². The lowest BCUT2D eigenvalue weighted by Crippen LogP contribution is -2.35. The topological polar surface area (TPSA) is 69.7 Å². The predicted molar refractivity (Wildman–Crippen MR) is 101 cm³/mol. The molecule has 1 aromatic heterocycles. The molecule has 124 valence electrons. The molecule has 7 heteroatoms. The number of nitrogens with zero attached hydrogens (tertiary/aromatic N) is 2. The Kier molecular flexibility index (Phi) is 4.33. The van der Waals surface area contributed by atoms with Crippen LogP contribution < -0.4 is 0 Å². The molecule has 0 radical (unpaired) electrons. The minimum Gasteiger partial charge on any atom is -0.450 e. The van der Waals surface area contributed by atoms with Gasteiger partial charge in [0.15, 0.2) is 10.3 Å². The number of carbonyl (C=O) groups is 1. The monoisotopic (exact) mass is 367 g/mol. The summed E-state index contributed by atoms with van der Waals surface area (Å²) in [5.74, 6) is 1.05. The molecule has 2 aromatic rings. The number of thioether (sulfide) groups is 2. The highest BCUT2D eigenvalue weighted by Crippen LogP contribution is 2.29. The van der Waals surface area contributed by atoms with Gasteiger partial charge in [-0.2, -0.15) is 4.99 Å². The lowest BCUT2D eigenvalue weighted by atomic mass is 10.1. The van der Waals surface area contributed by atoms with Crippen molar-refractivity contribution in [2.45, 2.75) is 10.8 Å². The van der Waals surface area contributed by atoms with Gasteiger partial charge in [-0.1, -0.05) is 53.9 Å². The number of aliphatic imine (C=N–C) groups is 1. The standard InChI is InChI=1S/C18H13N3O2S2/c19-16-14(17(22)20-18-21(16)8-9-24-18)10-13-6-7-15(23-13)25-11-12-4-2-1-3-5-12/h1-10,19H,11H2. The number of amidine groups is 2. The van der Waals surface area contributed by atoms with E-state index in [0.29, 0.717) is 10.9 Å². The third-order valence-electron chi connectivity index (χ3n) is 3.63. The Hall–Kier alpha value is -2.51. The maximum absolute atomic E-state index is 12.2. The third-order valence-corrected chi connectivity index (χ3v) is 5.36. The van der Waals surface area contributed by atoms with Crippen molar-refractivity contribution in [3.63, 3.8) is 0 Å². The van der Waals surface area contributed by atoms with E-state index in [1.54, 1.807) is 40.4 Å². The summed E-state index contributed by atoms with van der Waals surface area (Å²) in [5, 5.41) is 11.3. The van der Waals surface area contributed by atoms with E-state index in [0.717, 1.165) is 10.8 Å². The molecule has 2 aliphatic rings. The molecule has 1 N–H and O–H groups in total. The smallest absolute Gasteiger partial charge is 0.283 e. The molecule has 0 saturated carbocycles. The summed E-state index contributed by atoms with van der Waals surface area (Å²) < 4.78 is 5.76. The van der Waals surface area contributed by atoms with E-state index in [2.05, 4.69) is 17.1 Å². The fraction of sp³-hybridized carbons (Fsp3) is 0.0556. The first-order valence-corrected chi connectivity index (χ1v) is 9.40. The zero-order valence-corrected chi connectivity index (χ0v) is 14.6. The lowest BCUT2D eigenvalue weighted by Gasteiger charge is -2.21. The van der Waals surface area contributed by atoms with Gasteiger partial charge in [0.2, 0.25) is 0 Å². The number of benzene rings is 1. The molecule has 0 spiro atoms. The molecule has 1 amide bonds. The van der Waals surface area contributed by atoms with Crippen molar-refractivity contribution in [1.82, 2.24) is 4.90 Å². The highest BCUT2D eigenvalue weighted by Gasteiger charge is 2.31. The molecule has 25 heavy (non-hydrogen) atoms. The van der Waals surface area contributed by atoms with Crippen LogP contribution in [0.2, 0.25) is 0 Å². The number of hydrogen-bond donors (Lipinski definition) is 1. The predicted octanol–water partition coefficient (Wildman–Crippen LogP) is 4.35. The van der Waals surface area contributed by atoms with Crippen LogP contribution in [-0.2, 0) is 10.5 Å². The van der Waals surface area contributed by atoms with Gasteiger partial charge in [0.05, 0.1) is 5.57 Å². The van der Waals surface area contributed by atoms with Crippen LogP contribution in [0.5, 0.6) is 0 Å². The van der Waals surface area contributed by atoms with Crippen molar-refractivity contribution in [2.24, 2.45) is 4.99 Å². The van der Waals surface area contributed by atoms with Gasteiger partial charge in [-0.25, -0.2) is 0 Å². The van der Waals surface area contributed by atoms with Crippen molar-refractivity contribution >= 4 is 46.5 Å². The number of amides is 1. The summed E-state index contributed by atoms with van der Waals surface area (Å²) >= 11 is 2.92. The minimum atomic E-state index is -0.415. The van der Waals surface area contributed by atoms with Crippen LogP contribution >= 0.6 is 23.5 Å². The Morgan fingerprint density at radius 3 is 2.92 bits per heavy atom. The molecule has 0 atom stereocenters. The first kappa shape index (κ1) is 16.0. The summed E-state index contributed by atoms with van der Waals surface area (Å²) in [6.07, 6.45) is 3.31. The largest absolute Gasteiger partial charge is 0.450 e. The zero-order valence-electron chi connectivity index (χ0n) is 13.0. The summed E-state index contributed by atoms with van der Waals surface area (Å²) in [6.45, 7) is 0. The van der Waals surface area contributed by atoms with Crippen LogP contribution in [0.15, 0.2) is 74.1 Å². The number of fused-ring (bicyclic) bond motifs is 1.